The van der Waals surface area contributed by atoms with Crippen LogP contribution in [0.15, 0.2) is 46.3 Å². The highest BCUT2D eigenvalue weighted by molar-refractivity contribution is 7.99. The standard InChI is InChI=1S/C13H15N5O2S/c14-10-6-11(19)17-13(16-10)21-7-9(12(20)18-15)8-4-2-1-3-5-8/h1-6,9H,7,15H2,(H,18,20)(H3,14,16,17,19). The van der Waals surface area contributed by atoms with Gasteiger partial charge in [0, 0.05) is 11.8 Å². The van der Waals surface area contributed by atoms with Gasteiger partial charge in [-0.1, -0.05) is 42.1 Å². The van der Waals surface area contributed by atoms with Crippen molar-refractivity contribution in [3.05, 3.63) is 52.3 Å². The minimum atomic E-state index is -0.451. The van der Waals surface area contributed by atoms with Gasteiger partial charge in [-0.3, -0.25) is 15.0 Å². The predicted molar refractivity (Wildman–Crippen MR) is 81.5 cm³/mol. The van der Waals surface area contributed by atoms with E-state index in [1.165, 1.54) is 17.8 Å². The van der Waals surface area contributed by atoms with E-state index in [0.29, 0.717) is 10.9 Å². The first-order chi connectivity index (χ1) is 10.1. The van der Waals surface area contributed by atoms with E-state index in [1.807, 2.05) is 30.3 Å². The Balaban J connectivity index is 2.16. The Morgan fingerprint density at radius 3 is 2.71 bits per heavy atom. The van der Waals surface area contributed by atoms with Gasteiger partial charge in [-0.25, -0.2) is 10.8 Å². The molecular weight excluding hydrogens is 290 g/mol. The maximum Gasteiger partial charge on any atom is 0.253 e. The predicted octanol–water partition coefficient (Wildman–Crippen LogP) is 0.218. The Hall–Kier alpha value is -2.32. The average Bonchev–Trinajstić information content (AvgIpc) is 2.47. The number of hydrogen-bond acceptors (Lipinski definition) is 6. The van der Waals surface area contributed by atoms with Crippen molar-refractivity contribution in [2.45, 2.75) is 11.1 Å². The second kappa shape index (κ2) is 6.91. The van der Waals surface area contributed by atoms with E-state index in [9.17, 15) is 9.59 Å². The molecule has 1 amide bonds. The fourth-order valence-corrected chi connectivity index (χ4v) is 2.80. The summed E-state index contributed by atoms with van der Waals surface area (Å²) < 4.78 is 0. The molecule has 0 radical (unpaired) electrons. The number of rotatable bonds is 5. The van der Waals surface area contributed by atoms with Gasteiger partial charge in [-0.15, -0.1) is 0 Å². The first-order valence-corrected chi connectivity index (χ1v) is 7.13. The van der Waals surface area contributed by atoms with Crippen LogP contribution in [0, 0.1) is 0 Å². The summed E-state index contributed by atoms with van der Waals surface area (Å²) in [6, 6.07) is 10.4. The summed E-state index contributed by atoms with van der Waals surface area (Å²) >= 11 is 1.23. The van der Waals surface area contributed by atoms with E-state index < -0.39 is 5.92 Å². The number of nitrogens with two attached hydrogens (primary N) is 2. The second-order valence-corrected chi connectivity index (χ2v) is 5.27. The van der Waals surface area contributed by atoms with Gasteiger partial charge < -0.3 is 10.7 Å². The molecule has 0 bridgehead atoms. The molecule has 2 rings (SSSR count). The number of aromatic nitrogens is 2. The number of H-pyrrole nitrogens is 1. The van der Waals surface area contributed by atoms with Gasteiger partial charge in [-0.05, 0) is 5.56 Å². The molecule has 21 heavy (non-hydrogen) atoms. The second-order valence-electron chi connectivity index (χ2n) is 4.26. The zero-order valence-electron chi connectivity index (χ0n) is 11.1. The molecule has 0 aliphatic carbocycles. The summed E-state index contributed by atoms with van der Waals surface area (Å²) in [6.07, 6.45) is 0. The van der Waals surface area contributed by atoms with Crippen LogP contribution < -0.4 is 22.6 Å². The molecular formula is C13H15N5O2S. The van der Waals surface area contributed by atoms with Crippen LogP contribution >= 0.6 is 11.8 Å². The smallest absolute Gasteiger partial charge is 0.253 e. The number of thioether (sulfide) groups is 1. The number of carbonyl (C=O) groups is 1. The number of anilines is 1. The maximum absolute atomic E-state index is 11.9. The van der Waals surface area contributed by atoms with E-state index in [4.69, 9.17) is 11.6 Å². The third-order valence-electron chi connectivity index (χ3n) is 2.79. The molecule has 7 nitrogen and oxygen atoms in total. The Kier molecular flexibility index (Phi) is 4.96. The van der Waals surface area contributed by atoms with E-state index in [1.54, 1.807) is 0 Å². The van der Waals surface area contributed by atoms with Gasteiger partial charge in [0.25, 0.3) is 5.56 Å². The fourth-order valence-electron chi connectivity index (χ4n) is 1.79. The largest absolute Gasteiger partial charge is 0.383 e. The Morgan fingerprint density at radius 1 is 1.38 bits per heavy atom. The molecule has 0 spiro atoms. The number of hydrazine groups is 1. The number of nitrogens with zero attached hydrogens (tertiary/aromatic N) is 1. The summed E-state index contributed by atoms with van der Waals surface area (Å²) in [6.45, 7) is 0. The van der Waals surface area contributed by atoms with Gasteiger partial charge in [0.15, 0.2) is 5.16 Å². The molecule has 8 heteroatoms. The molecule has 1 heterocycles. The first-order valence-electron chi connectivity index (χ1n) is 6.15. The normalized spacial score (nSPS) is 11.9. The number of aromatic amines is 1. The minimum Gasteiger partial charge on any atom is -0.383 e. The van der Waals surface area contributed by atoms with Crippen molar-refractivity contribution in [2.75, 3.05) is 11.5 Å². The summed E-state index contributed by atoms with van der Waals surface area (Å²) in [5, 5.41) is 0.366. The van der Waals surface area contributed by atoms with Crippen LogP contribution in [-0.4, -0.2) is 21.6 Å². The van der Waals surface area contributed by atoms with Crippen LogP contribution in [0.5, 0.6) is 0 Å². The molecule has 1 unspecified atom stereocenters. The molecule has 1 atom stereocenters. The van der Waals surface area contributed by atoms with Crippen molar-refractivity contribution in [2.24, 2.45) is 5.84 Å². The molecule has 1 aromatic heterocycles. The molecule has 0 aliphatic heterocycles. The lowest BCUT2D eigenvalue weighted by Crippen LogP contribution is -2.35. The summed E-state index contributed by atoms with van der Waals surface area (Å²) in [4.78, 5) is 29.8. The molecule has 0 aliphatic rings. The van der Waals surface area contributed by atoms with Gasteiger partial charge >= 0.3 is 0 Å². The van der Waals surface area contributed by atoms with Crippen molar-refractivity contribution in [1.82, 2.24) is 15.4 Å². The lowest BCUT2D eigenvalue weighted by molar-refractivity contribution is -0.122. The Morgan fingerprint density at radius 2 is 2.10 bits per heavy atom. The maximum atomic E-state index is 11.9. The number of carbonyl (C=O) groups excluding carboxylic acids is 1. The number of hydrogen-bond donors (Lipinski definition) is 4. The third-order valence-corrected chi connectivity index (χ3v) is 3.75. The number of nitrogens with one attached hydrogen (secondary N) is 2. The molecule has 1 aromatic carbocycles. The monoisotopic (exact) mass is 305 g/mol. The fraction of sp³-hybridized carbons (Fsp3) is 0.154. The van der Waals surface area contributed by atoms with E-state index in [2.05, 4.69) is 15.4 Å². The van der Waals surface area contributed by atoms with Crippen LogP contribution in [0.1, 0.15) is 11.5 Å². The minimum absolute atomic E-state index is 0.140. The van der Waals surface area contributed by atoms with E-state index in [-0.39, 0.29) is 17.3 Å². The van der Waals surface area contributed by atoms with Gasteiger partial charge in [-0.2, -0.15) is 0 Å². The SMILES string of the molecule is NNC(=O)C(CSc1nc(N)cc(=O)[nH]1)c1ccccc1. The van der Waals surface area contributed by atoms with Crippen molar-refractivity contribution < 1.29 is 4.79 Å². The zero-order valence-corrected chi connectivity index (χ0v) is 11.9. The zero-order chi connectivity index (χ0) is 15.2. The number of nitrogen functional groups attached to an aromatic ring is 1. The van der Waals surface area contributed by atoms with Crippen LogP contribution in [-0.2, 0) is 4.79 Å². The number of amides is 1. The molecule has 0 saturated heterocycles. The van der Waals surface area contributed by atoms with Crippen molar-refractivity contribution in [1.29, 1.82) is 0 Å². The number of benzene rings is 1. The summed E-state index contributed by atoms with van der Waals surface area (Å²) in [5.41, 5.74) is 8.18. The van der Waals surface area contributed by atoms with Crippen molar-refractivity contribution in [3.8, 4) is 0 Å². The van der Waals surface area contributed by atoms with Crippen LogP contribution in [0.3, 0.4) is 0 Å². The van der Waals surface area contributed by atoms with Crippen molar-refractivity contribution >= 4 is 23.5 Å². The quantitative estimate of drug-likeness (QED) is 0.206. The van der Waals surface area contributed by atoms with Gasteiger partial charge in [0.05, 0.1) is 5.92 Å². The van der Waals surface area contributed by atoms with Crippen LogP contribution in [0.25, 0.3) is 0 Å². The van der Waals surface area contributed by atoms with E-state index >= 15 is 0 Å². The van der Waals surface area contributed by atoms with Gasteiger partial charge in [0.1, 0.15) is 5.82 Å². The lowest BCUT2D eigenvalue weighted by atomic mass is 10.0. The first kappa shape index (κ1) is 15.1. The van der Waals surface area contributed by atoms with Crippen LogP contribution in [0.2, 0.25) is 0 Å². The highest BCUT2D eigenvalue weighted by Gasteiger charge is 2.20. The molecule has 0 fully saturated rings. The summed E-state index contributed by atoms with van der Waals surface area (Å²) in [5.74, 6) is 4.98. The van der Waals surface area contributed by atoms with Crippen LogP contribution in [0.4, 0.5) is 5.82 Å². The van der Waals surface area contributed by atoms with E-state index in [0.717, 1.165) is 5.56 Å². The highest BCUT2D eigenvalue weighted by atomic mass is 32.2. The molecule has 2 aromatic rings. The lowest BCUT2D eigenvalue weighted by Gasteiger charge is -2.14. The average molecular weight is 305 g/mol. The summed E-state index contributed by atoms with van der Waals surface area (Å²) in [7, 11) is 0. The highest BCUT2D eigenvalue weighted by Crippen LogP contribution is 2.24. The Bertz CT molecular complexity index is 674. The molecule has 0 saturated carbocycles. The molecule has 110 valence electrons. The Labute approximate surface area is 125 Å². The molecule has 6 N–H and O–H groups in total. The third kappa shape index (κ3) is 4.07. The van der Waals surface area contributed by atoms with Gasteiger partial charge in [0.2, 0.25) is 5.91 Å². The topological polar surface area (TPSA) is 127 Å². The van der Waals surface area contributed by atoms with Crippen molar-refractivity contribution in [3.63, 3.8) is 0 Å².